The maximum Gasteiger partial charge on any atom is -0.0354 e. The molecule has 0 aromatic carbocycles. The van der Waals surface area contributed by atoms with Crippen molar-refractivity contribution >= 4 is 0 Å². The van der Waals surface area contributed by atoms with Crippen molar-refractivity contribution < 1.29 is 0 Å². The minimum Gasteiger partial charge on any atom is -0.0625 e. The highest BCUT2D eigenvalue weighted by Crippen LogP contribution is 2.31. The van der Waals surface area contributed by atoms with Crippen LogP contribution < -0.4 is 0 Å². The Labute approximate surface area is 96.8 Å². The summed E-state index contributed by atoms with van der Waals surface area (Å²) in [6.07, 6.45) is 14.6. The Morgan fingerprint density at radius 1 is 0.733 bits per heavy atom. The van der Waals surface area contributed by atoms with Gasteiger partial charge in [-0.2, -0.15) is 0 Å². The molecule has 90 valence electrons. The topological polar surface area (TPSA) is 0 Å². The monoisotopic (exact) mass is 210 g/mol. The summed E-state index contributed by atoms with van der Waals surface area (Å²) in [5.74, 6) is 0.984. The molecule has 0 atom stereocenters. The molecule has 1 rings (SSSR count). The Morgan fingerprint density at radius 2 is 1.20 bits per heavy atom. The zero-order chi connectivity index (χ0) is 11.1. The fourth-order valence-electron chi connectivity index (χ4n) is 2.82. The Bertz CT molecular complexity index is 141. The first kappa shape index (κ1) is 13.1. The molecule has 0 aliphatic heterocycles. The predicted molar refractivity (Wildman–Crippen MR) is 69.1 cm³/mol. The van der Waals surface area contributed by atoms with Gasteiger partial charge in [-0.3, -0.25) is 0 Å². The molecule has 1 aliphatic rings. The highest BCUT2D eigenvalue weighted by molar-refractivity contribution is 4.69. The molecule has 1 fully saturated rings. The predicted octanol–water partition coefficient (Wildman–Crippen LogP) is 5.56. The average molecular weight is 210 g/mol. The van der Waals surface area contributed by atoms with Crippen LogP contribution in [0.3, 0.4) is 0 Å². The van der Waals surface area contributed by atoms with E-state index in [4.69, 9.17) is 0 Å². The van der Waals surface area contributed by atoms with E-state index in [1.165, 1.54) is 64.2 Å². The third-order valence-corrected chi connectivity index (χ3v) is 4.10. The van der Waals surface area contributed by atoms with Crippen molar-refractivity contribution in [3.63, 3.8) is 0 Å². The lowest BCUT2D eigenvalue weighted by atomic mass is 9.81. The van der Waals surface area contributed by atoms with Gasteiger partial charge in [-0.25, -0.2) is 0 Å². The molecule has 0 saturated heterocycles. The van der Waals surface area contributed by atoms with E-state index in [1.54, 1.807) is 0 Å². The van der Waals surface area contributed by atoms with Gasteiger partial charge < -0.3 is 0 Å². The van der Waals surface area contributed by atoms with Crippen LogP contribution >= 0.6 is 0 Å². The molecule has 0 unspecified atom stereocenters. The first-order valence-electron chi connectivity index (χ1n) is 7.10. The lowest BCUT2D eigenvalue weighted by Gasteiger charge is -2.25. The fraction of sp³-hybridized carbons (Fsp3) is 1.00. The van der Waals surface area contributed by atoms with Crippen molar-refractivity contribution in [1.82, 2.24) is 0 Å². The Morgan fingerprint density at radius 3 is 1.67 bits per heavy atom. The van der Waals surface area contributed by atoms with Gasteiger partial charge in [-0.15, -0.1) is 0 Å². The summed E-state index contributed by atoms with van der Waals surface area (Å²) in [7, 11) is 0. The van der Waals surface area contributed by atoms with Crippen LogP contribution in [-0.2, 0) is 0 Å². The van der Waals surface area contributed by atoms with Crippen molar-refractivity contribution in [2.75, 3.05) is 0 Å². The second-order valence-electron chi connectivity index (χ2n) is 6.47. The molecule has 0 nitrogen and oxygen atoms in total. The van der Waals surface area contributed by atoms with E-state index in [0.717, 1.165) is 5.92 Å². The van der Waals surface area contributed by atoms with Crippen molar-refractivity contribution in [1.29, 1.82) is 0 Å². The van der Waals surface area contributed by atoms with Crippen LogP contribution in [0, 0.1) is 11.3 Å². The Hall–Kier alpha value is 0. The molecule has 0 aromatic rings. The van der Waals surface area contributed by atoms with Crippen LogP contribution in [0.5, 0.6) is 0 Å². The highest BCUT2D eigenvalue weighted by atomic mass is 14.2. The summed E-state index contributed by atoms with van der Waals surface area (Å²) in [6, 6.07) is 0. The molecular formula is C15H30. The van der Waals surface area contributed by atoms with Crippen LogP contribution in [0.1, 0.15) is 85.0 Å². The quantitative estimate of drug-likeness (QED) is 0.491. The van der Waals surface area contributed by atoms with Gasteiger partial charge in [0, 0.05) is 0 Å². The molecule has 0 N–H and O–H groups in total. The van der Waals surface area contributed by atoms with E-state index in [-0.39, 0.29) is 0 Å². The van der Waals surface area contributed by atoms with E-state index >= 15 is 0 Å². The van der Waals surface area contributed by atoms with Crippen LogP contribution in [-0.4, -0.2) is 0 Å². The van der Waals surface area contributed by atoms with Crippen molar-refractivity contribution in [3.05, 3.63) is 0 Å². The van der Waals surface area contributed by atoms with E-state index in [9.17, 15) is 0 Å². The molecule has 1 aliphatic carbocycles. The molecule has 1 saturated carbocycles. The highest BCUT2D eigenvalue weighted by Gasteiger charge is 2.17. The Balaban J connectivity index is 2.30. The summed E-state index contributed by atoms with van der Waals surface area (Å²) < 4.78 is 0. The lowest BCUT2D eigenvalue weighted by Crippen LogP contribution is -2.11. The average Bonchev–Trinajstić information content (AvgIpc) is 2.14. The SMILES string of the molecule is CC1CCCCCC(C)(C)CCCCC1. The summed E-state index contributed by atoms with van der Waals surface area (Å²) in [5.41, 5.74) is 0.616. The summed E-state index contributed by atoms with van der Waals surface area (Å²) >= 11 is 0. The zero-order valence-electron chi connectivity index (χ0n) is 11.1. The number of hydrogen-bond acceptors (Lipinski definition) is 0. The van der Waals surface area contributed by atoms with E-state index in [1.807, 2.05) is 0 Å². The molecule has 0 heterocycles. The van der Waals surface area contributed by atoms with Crippen LogP contribution in [0.15, 0.2) is 0 Å². The molecule has 0 aromatic heterocycles. The molecule has 15 heavy (non-hydrogen) atoms. The van der Waals surface area contributed by atoms with Gasteiger partial charge in [0.15, 0.2) is 0 Å². The molecule has 0 amide bonds. The largest absolute Gasteiger partial charge is 0.0625 e. The third-order valence-electron chi connectivity index (χ3n) is 4.10. The van der Waals surface area contributed by atoms with Gasteiger partial charge in [0.05, 0.1) is 0 Å². The molecule has 0 heteroatoms. The molecule has 0 radical (unpaired) electrons. The second kappa shape index (κ2) is 6.55. The number of hydrogen-bond donors (Lipinski definition) is 0. The maximum absolute atomic E-state index is 2.46. The summed E-state index contributed by atoms with van der Waals surface area (Å²) in [4.78, 5) is 0. The first-order valence-corrected chi connectivity index (χ1v) is 7.10. The Kier molecular flexibility index (Phi) is 5.71. The second-order valence-corrected chi connectivity index (χ2v) is 6.47. The van der Waals surface area contributed by atoms with E-state index < -0.39 is 0 Å². The fourth-order valence-corrected chi connectivity index (χ4v) is 2.82. The van der Waals surface area contributed by atoms with Gasteiger partial charge in [0.2, 0.25) is 0 Å². The van der Waals surface area contributed by atoms with Gasteiger partial charge in [0.25, 0.3) is 0 Å². The van der Waals surface area contributed by atoms with Gasteiger partial charge in [-0.1, -0.05) is 72.1 Å². The third kappa shape index (κ3) is 6.22. The lowest BCUT2D eigenvalue weighted by molar-refractivity contribution is 0.274. The van der Waals surface area contributed by atoms with Crippen molar-refractivity contribution in [2.45, 2.75) is 85.0 Å². The zero-order valence-corrected chi connectivity index (χ0v) is 11.1. The van der Waals surface area contributed by atoms with Crippen molar-refractivity contribution in [3.8, 4) is 0 Å². The summed E-state index contributed by atoms with van der Waals surface area (Å²) in [5, 5.41) is 0. The van der Waals surface area contributed by atoms with Gasteiger partial charge in [-0.05, 0) is 24.2 Å². The van der Waals surface area contributed by atoms with E-state index in [2.05, 4.69) is 20.8 Å². The standard InChI is InChI=1S/C15H30/c1-14-10-6-4-8-12-15(2,3)13-9-5-7-11-14/h14H,4-13H2,1-3H3. The minimum atomic E-state index is 0.616. The van der Waals surface area contributed by atoms with Crippen LogP contribution in [0.25, 0.3) is 0 Å². The molecule has 0 bridgehead atoms. The van der Waals surface area contributed by atoms with Gasteiger partial charge in [0.1, 0.15) is 0 Å². The normalized spacial score (nSPS) is 26.6. The minimum absolute atomic E-state index is 0.616. The summed E-state index contributed by atoms with van der Waals surface area (Å²) in [6.45, 7) is 7.36. The van der Waals surface area contributed by atoms with E-state index in [0.29, 0.717) is 5.41 Å². The number of rotatable bonds is 0. The molecular weight excluding hydrogens is 180 g/mol. The van der Waals surface area contributed by atoms with Crippen molar-refractivity contribution in [2.24, 2.45) is 11.3 Å². The van der Waals surface area contributed by atoms with Gasteiger partial charge >= 0.3 is 0 Å². The smallest absolute Gasteiger partial charge is 0.0354 e. The first-order chi connectivity index (χ1) is 7.10. The van der Waals surface area contributed by atoms with Crippen LogP contribution in [0.2, 0.25) is 0 Å². The maximum atomic E-state index is 2.46. The van der Waals surface area contributed by atoms with Crippen LogP contribution in [0.4, 0.5) is 0 Å². The molecule has 0 spiro atoms.